The van der Waals surface area contributed by atoms with Gasteiger partial charge in [0.15, 0.2) is 0 Å². The van der Waals surface area contributed by atoms with Crippen LogP contribution in [0.2, 0.25) is 0 Å². The van der Waals surface area contributed by atoms with Crippen molar-refractivity contribution in [2.24, 2.45) is 0 Å². The zero-order valence-corrected chi connectivity index (χ0v) is 16.7. The van der Waals surface area contributed by atoms with Crippen LogP contribution in [0, 0.1) is 0 Å². The highest BCUT2D eigenvalue weighted by Gasteiger charge is 2.23. The molecule has 0 spiro atoms. The lowest BCUT2D eigenvalue weighted by Gasteiger charge is -2.22. The fourth-order valence-corrected chi connectivity index (χ4v) is 3.28. The Morgan fingerprint density at radius 2 is 1.82 bits per heavy atom. The van der Waals surface area contributed by atoms with Crippen LogP contribution in [0.25, 0.3) is 0 Å². The molecule has 2 aromatic rings. The number of esters is 1. The quantitative estimate of drug-likeness (QED) is 0.548. The van der Waals surface area contributed by atoms with E-state index in [-0.39, 0.29) is 5.91 Å². The van der Waals surface area contributed by atoms with Crippen LogP contribution < -0.4 is 5.32 Å². The van der Waals surface area contributed by atoms with Gasteiger partial charge in [-0.15, -0.1) is 0 Å². The predicted octanol–water partition coefficient (Wildman–Crippen LogP) is 5.72. The Labute approximate surface area is 166 Å². The van der Waals surface area contributed by atoms with Crippen molar-refractivity contribution in [1.29, 1.82) is 0 Å². The summed E-state index contributed by atoms with van der Waals surface area (Å²) in [5, 5.41) is 2.91. The molecule has 0 aliphatic heterocycles. The highest BCUT2D eigenvalue weighted by Crippen LogP contribution is 2.31. The molecule has 1 unspecified atom stereocenters. The Bertz CT molecular complexity index is 878. The normalized spacial score (nSPS) is 16.5. The lowest BCUT2D eigenvalue weighted by molar-refractivity contribution is 0.00707. The van der Waals surface area contributed by atoms with E-state index in [4.69, 9.17) is 4.74 Å². The molecule has 2 aromatic carbocycles. The van der Waals surface area contributed by atoms with Crippen LogP contribution in [0.4, 0.5) is 5.69 Å². The number of anilines is 1. The zero-order chi connectivity index (χ0) is 20.1. The summed E-state index contributed by atoms with van der Waals surface area (Å²) in [5.41, 5.74) is 1.87. The van der Waals surface area contributed by atoms with Crippen molar-refractivity contribution in [3.05, 3.63) is 77.4 Å². The van der Waals surface area contributed by atoms with Gasteiger partial charge in [0.1, 0.15) is 5.60 Å². The van der Waals surface area contributed by atoms with Gasteiger partial charge in [0.05, 0.1) is 11.3 Å². The Balaban J connectivity index is 1.94. The average Bonchev–Trinajstić information content (AvgIpc) is 2.68. The number of allylic oxidation sites excluding steroid dienone is 2. The van der Waals surface area contributed by atoms with Crippen LogP contribution >= 0.6 is 0 Å². The molecule has 0 saturated carbocycles. The Hall–Kier alpha value is -2.88. The first-order chi connectivity index (χ1) is 13.3. The molecule has 4 nitrogen and oxygen atoms in total. The van der Waals surface area contributed by atoms with Crippen LogP contribution in [0.15, 0.2) is 60.7 Å². The van der Waals surface area contributed by atoms with Gasteiger partial charge in [-0.05, 0) is 69.9 Å². The van der Waals surface area contributed by atoms with Crippen LogP contribution in [-0.4, -0.2) is 17.5 Å². The standard InChI is InChI=1S/C24H27NO3/c1-24(2,3)28-23(27)20-15-14-19(17-10-6-4-7-11-17)16-21(20)25-22(26)18-12-8-5-9-13-18/h5-6,8-10,12-17H,4,7,11H2,1-3H3,(H,25,26). The first kappa shape index (κ1) is 19.9. The number of carbonyl (C=O) groups is 2. The van der Waals surface area contributed by atoms with Gasteiger partial charge in [0.25, 0.3) is 5.91 Å². The minimum Gasteiger partial charge on any atom is -0.456 e. The monoisotopic (exact) mass is 377 g/mol. The molecule has 1 aliphatic rings. The summed E-state index contributed by atoms with van der Waals surface area (Å²) in [7, 11) is 0. The lowest BCUT2D eigenvalue weighted by atomic mass is 9.88. The maximum Gasteiger partial charge on any atom is 0.340 e. The van der Waals surface area contributed by atoms with E-state index in [9.17, 15) is 9.59 Å². The molecule has 28 heavy (non-hydrogen) atoms. The van der Waals surface area contributed by atoms with E-state index in [1.807, 2.05) is 51.1 Å². The summed E-state index contributed by atoms with van der Waals surface area (Å²) in [6.07, 6.45) is 7.70. The van der Waals surface area contributed by atoms with Crippen LogP contribution in [0.1, 0.15) is 72.2 Å². The molecular weight excluding hydrogens is 350 g/mol. The molecule has 0 fully saturated rings. The number of ether oxygens (including phenoxy) is 1. The summed E-state index contributed by atoms with van der Waals surface area (Å²) in [6, 6.07) is 14.6. The summed E-state index contributed by atoms with van der Waals surface area (Å²) in [4.78, 5) is 25.4. The second kappa shape index (κ2) is 8.42. The predicted molar refractivity (Wildman–Crippen MR) is 112 cm³/mol. The number of carbonyl (C=O) groups excluding carboxylic acids is 2. The maximum atomic E-state index is 12.7. The number of hydrogen-bond acceptors (Lipinski definition) is 3. The fourth-order valence-electron chi connectivity index (χ4n) is 3.28. The lowest BCUT2D eigenvalue weighted by Crippen LogP contribution is -2.25. The van der Waals surface area contributed by atoms with E-state index in [1.54, 1.807) is 18.2 Å². The van der Waals surface area contributed by atoms with Gasteiger partial charge in [-0.25, -0.2) is 4.79 Å². The molecule has 0 saturated heterocycles. The van der Waals surface area contributed by atoms with Crippen LogP contribution in [-0.2, 0) is 4.74 Å². The highest BCUT2D eigenvalue weighted by atomic mass is 16.6. The molecule has 3 rings (SSSR count). The van der Waals surface area contributed by atoms with Crippen molar-refractivity contribution in [1.82, 2.24) is 0 Å². The second-order valence-corrected chi connectivity index (χ2v) is 8.09. The smallest absolute Gasteiger partial charge is 0.340 e. The first-order valence-corrected chi connectivity index (χ1v) is 9.74. The van der Waals surface area contributed by atoms with Crippen LogP contribution in [0.3, 0.4) is 0 Å². The van der Waals surface area contributed by atoms with Gasteiger partial charge in [-0.3, -0.25) is 4.79 Å². The first-order valence-electron chi connectivity index (χ1n) is 9.74. The van der Waals surface area contributed by atoms with Crippen molar-refractivity contribution in [2.75, 3.05) is 5.32 Å². The van der Waals surface area contributed by atoms with E-state index in [1.165, 1.54) is 0 Å². The number of rotatable bonds is 4. The molecule has 1 aliphatic carbocycles. The highest BCUT2D eigenvalue weighted by molar-refractivity contribution is 6.08. The summed E-state index contributed by atoms with van der Waals surface area (Å²) in [5.74, 6) is -0.392. The molecule has 1 amide bonds. The van der Waals surface area contributed by atoms with Gasteiger partial charge in [0, 0.05) is 11.5 Å². The number of nitrogens with one attached hydrogen (secondary N) is 1. The minimum atomic E-state index is -0.609. The number of hydrogen-bond donors (Lipinski definition) is 1. The van der Waals surface area contributed by atoms with Crippen molar-refractivity contribution >= 4 is 17.6 Å². The van der Waals surface area contributed by atoms with Gasteiger partial charge >= 0.3 is 5.97 Å². The van der Waals surface area contributed by atoms with E-state index in [2.05, 4.69) is 17.5 Å². The molecule has 146 valence electrons. The molecule has 0 heterocycles. The van der Waals surface area contributed by atoms with Crippen molar-refractivity contribution in [3.8, 4) is 0 Å². The molecule has 1 N–H and O–H groups in total. The topological polar surface area (TPSA) is 55.4 Å². The molecule has 4 heteroatoms. The third-order valence-corrected chi connectivity index (χ3v) is 4.63. The van der Waals surface area contributed by atoms with Gasteiger partial charge in [0.2, 0.25) is 0 Å². The third-order valence-electron chi connectivity index (χ3n) is 4.63. The van der Waals surface area contributed by atoms with Crippen molar-refractivity contribution in [2.45, 2.75) is 51.6 Å². The minimum absolute atomic E-state index is 0.248. The largest absolute Gasteiger partial charge is 0.456 e. The summed E-state index contributed by atoms with van der Waals surface area (Å²) in [6.45, 7) is 5.48. The fraction of sp³-hybridized carbons (Fsp3) is 0.333. The van der Waals surface area contributed by atoms with E-state index in [0.29, 0.717) is 22.7 Å². The van der Waals surface area contributed by atoms with Gasteiger partial charge in [-0.2, -0.15) is 0 Å². The zero-order valence-electron chi connectivity index (χ0n) is 16.7. The van der Waals surface area contributed by atoms with E-state index < -0.39 is 11.6 Å². The summed E-state index contributed by atoms with van der Waals surface area (Å²) >= 11 is 0. The second-order valence-electron chi connectivity index (χ2n) is 8.09. The van der Waals surface area contributed by atoms with E-state index >= 15 is 0 Å². The van der Waals surface area contributed by atoms with Crippen molar-refractivity contribution in [3.63, 3.8) is 0 Å². The SMILES string of the molecule is CC(C)(C)OC(=O)c1ccc(C2C=CCCC2)cc1NC(=O)c1ccccc1. The number of amides is 1. The van der Waals surface area contributed by atoms with Crippen molar-refractivity contribution < 1.29 is 14.3 Å². The van der Waals surface area contributed by atoms with Gasteiger partial charge < -0.3 is 10.1 Å². The molecule has 1 atom stereocenters. The Morgan fingerprint density at radius 1 is 1.07 bits per heavy atom. The van der Waals surface area contributed by atoms with Crippen LogP contribution in [0.5, 0.6) is 0 Å². The molecule has 0 radical (unpaired) electrons. The summed E-state index contributed by atoms with van der Waals surface area (Å²) < 4.78 is 5.53. The Kier molecular flexibility index (Phi) is 5.98. The Morgan fingerprint density at radius 3 is 2.46 bits per heavy atom. The average molecular weight is 377 g/mol. The maximum absolute atomic E-state index is 12.7. The number of benzene rings is 2. The van der Waals surface area contributed by atoms with E-state index in [0.717, 1.165) is 24.8 Å². The molecular formula is C24H27NO3. The molecule has 0 bridgehead atoms. The van der Waals surface area contributed by atoms with Gasteiger partial charge in [-0.1, -0.05) is 36.4 Å². The third kappa shape index (κ3) is 5.10. The molecule has 0 aromatic heterocycles.